The summed E-state index contributed by atoms with van der Waals surface area (Å²) in [5.74, 6) is 0.239. The highest BCUT2D eigenvalue weighted by Crippen LogP contribution is 2.23. The minimum absolute atomic E-state index is 0.119. The van der Waals surface area contributed by atoms with E-state index < -0.39 is 0 Å². The van der Waals surface area contributed by atoms with Crippen LogP contribution in [0.2, 0.25) is 0 Å². The van der Waals surface area contributed by atoms with E-state index >= 15 is 0 Å². The van der Waals surface area contributed by atoms with Crippen molar-refractivity contribution in [2.45, 2.75) is 32.3 Å². The first-order chi connectivity index (χ1) is 9.00. The zero-order valence-electron chi connectivity index (χ0n) is 12.3. The standard InChI is InChI=1S/C13H25N3O3/c1-10(11(17)18-4)8-15-12(14-3)16-9-13(2)6-5-7-19-13/h10H,5-9H2,1-4H3,(H2,14,15,16). The Labute approximate surface area is 114 Å². The number of methoxy groups -OCH3 is 1. The van der Waals surface area contributed by atoms with E-state index in [9.17, 15) is 4.79 Å². The second-order valence-electron chi connectivity index (χ2n) is 5.13. The second-order valence-corrected chi connectivity index (χ2v) is 5.13. The summed E-state index contributed by atoms with van der Waals surface area (Å²) in [6, 6.07) is 0. The van der Waals surface area contributed by atoms with E-state index in [0.717, 1.165) is 19.4 Å². The molecule has 1 aliphatic heterocycles. The molecule has 2 atom stereocenters. The van der Waals surface area contributed by atoms with E-state index in [2.05, 4.69) is 27.3 Å². The Balaban J connectivity index is 2.32. The summed E-state index contributed by atoms with van der Waals surface area (Å²) in [5, 5.41) is 6.33. The molecular formula is C13H25N3O3. The summed E-state index contributed by atoms with van der Waals surface area (Å²) >= 11 is 0. The Morgan fingerprint density at radius 2 is 2.26 bits per heavy atom. The van der Waals surface area contributed by atoms with Crippen LogP contribution in [0, 0.1) is 5.92 Å². The third-order valence-corrected chi connectivity index (χ3v) is 3.33. The van der Waals surface area contributed by atoms with Gasteiger partial charge in [-0.1, -0.05) is 6.92 Å². The Kier molecular flexibility index (Phi) is 6.08. The zero-order valence-corrected chi connectivity index (χ0v) is 12.3. The predicted molar refractivity (Wildman–Crippen MR) is 74.1 cm³/mol. The lowest BCUT2D eigenvalue weighted by Gasteiger charge is -2.25. The highest BCUT2D eigenvalue weighted by molar-refractivity contribution is 5.80. The lowest BCUT2D eigenvalue weighted by molar-refractivity contribution is -0.144. The molecule has 0 aromatic rings. The molecule has 2 unspecified atom stereocenters. The first-order valence-corrected chi connectivity index (χ1v) is 6.67. The molecule has 0 amide bonds. The van der Waals surface area contributed by atoms with Crippen LogP contribution in [0.1, 0.15) is 26.7 Å². The molecule has 0 saturated carbocycles. The van der Waals surface area contributed by atoms with E-state index in [4.69, 9.17) is 4.74 Å². The van der Waals surface area contributed by atoms with Gasteiger partial charge in [-0.05, 0) is 19.8 Å². The number of hydrogen-bond acceptors (Lipinski definition) is 4. The van der Waals surface area contributed by atoms with Crippen molar-refractivity contribution in [3.8, 4) is 0 Å². The molecule has 0 spiro atoms. The van der Waals surface area contributed by atoms with Crippen LogP contribution in [0.5, 0.6) is 0 Å². The van der Waals surface area contributed by atoms with Gasteiger partial charge in [0.1, 0.15) is 0 Å². The van der Waals surface area contributed by atoms with Gasteiger partial charge < -0.3 is 20.1 Å². The summed E-state index contributed by atoms with van der Waals surface area (Å²) in [6.07, 6.45) is 2.15. The van der Waals surface area contributed by atoms with Crippen molar-refractivity contribution in [1.82, 2.24) is 10.6 Å². The van der Waals surface area contributed by atoms with Crippen molar-refractivity contribution < 1.29 is 14.3 Å². The van der Waals surface area contributed by atoms with Crippen molar-refractivity contribution in [2.75, 3.05) is 33.9 Å². The number of esters is 1. The van der Waals surface area contributed by atoms with Crippen LogP contribution < -0.4 is 10.6 Å². The summed E-state index contributed by atoms with van der Waals surface area (Å²) in [5.41, 5.74) is -0.119. The van der Waals surface area contributed by atoms with Gasteiger partial charge >= 0.3 is 5.97 Å². The Morgan fingerprint density at radius 1 is 1.53 bits per heavy atom. The van der Waals surface area contributed by atoms with Crippen LogP contribution in [0.25, 0.3) is 0 Å². The SMILES string of the molecule is CN=C(NCC(C)C(=O)OC)NCC1(C)CCCO1. The Hall–Kier alpha value is -1.30. The minimum Gasteiger partial charge on any atom is -0.469 e. The van der Waals surface area contributed by atoms with Crippen LogP contribution in [-0.2, 0) is 14.3 Å². The second kappa shape index (κ2) is 7.33. The molecule has 110 valence electrons. The molecule has 1 fully saturated rings. The average Bonchev–Trinajstić information content (AvgIpc) is 2.84. The molecule has 1 rings (SSSR count). The summed E-state index contributed by atoms with van der Waals surface area (Å²) in [6.45, 7) is 5.93. The van der Waals surface area contributed by atoms with Crippen molar-refractivity contribution in [3.05, 3.63) is 0 Å². The van der Waals surface area contributed by atoms with Crippen LogP contribution in [0.3, 0.4) is 0 Å². The van der Waals surface area contributed by atoms with Gasteiger partial charge in [0.05, 0.1) is 18.6 Å². The fourth-order valence-electron chi connectivity index (χ4n) is 2.00. The highest BCUT2D eigenvalue weighted by Gasteiger charge is 2.29. The maximum absolute atomic E-state index is 11.3. The number of carbonyl (C=O) groups is 1. The molecule has 6 nitrogen and oxygen atoms in total. The molecule has 0 aromatic carbocycles. The molecule has 19 heavy (non-hydrogen) atoms. The van der Waals surface area contributed by atoms with Gasteiger partial charge in [0.2, 0.25) is 0 Å². The summed E-state index contributed by atoms with van der Waals surface area (Å²) < 4.78 is 10.4. The molecule has 1 aliphatic rings. The molecule has 6 heteroatoms. The van der Waals surface area contributed by atoms with Crippen molar-refractivity contribution in [3.63, 3.8) is 0 Å². The van der Waals surface area contributed by atoms with Crippen molar-refractivity contribution in [1.29, 1.82) is 0 Å². The molecule has 0 aliphatic carbocycles. The molecule has 0 bridgehead atoms. The quantitative estimate of drug-likeness (QED) is 0.433. The first-order valence-electron chi connectivity index (χ1n) is 6.67. The number of hydrogen-bond donors (Lipinski definition) is 2. The topological polar surface area (TPSA) is 72.0 Å². The van der Waals surface area contributed by atoms with Gasteiger partial charge in [-0.3, -0.25) is 9.79 Å². The molecule has 0 radical (unpaired) electrons. The third-order valence-electron chi connectivity index (χ3n) is 3.33. The van der Waals surface area contributed by atoms with Crippen LogP contribution in [0.15, 0.2) is 4.99 Å². The summed E-state index contributed by atoms with van der Waals surface area (Å²) in [4.78, 5) is 15.4. The predicted octanol–water partition coefficient (Wildman–Crippen LogP) is 0.530. The maximum atomic E-state index is 11.3. The van der Waals surface area contributed by atoms with E-state index in [1.54, 1.807) is 7.05 Å². The fourth-order valence-corrected chi connectivity index (χ4v) is 2.00. The highest BCUT2D eigenvalue weighted by atomic mass is 16.5. The van der Waals surface area contributed by atoms with E-state index in [1.165, 1.54) is 7.11 Å². The molecule has 1 heterocycles. The molecule has 1 saturated heterocycles. The lowest BCUT2D eigenvalue weighted by atomic mass is 10.0. The molecule has 2 N–H and O–H groups in total. The number of rotatable bonds is 5. The monoisotopic (exact) mass is 271 g/mol. The van der Waals surface area contributed by atoms with Gasteiger partial charge in [-0.15, -0.1) is 0 Å². The summed E-state index contributed by atoms with van der Waals surface area (Å²) in [7, 11) is 3.10. The van der Waals surface area contributed by atoms with E-state index in [1.807, 2.05) is 6.92 Å². The number of ether oxygens (including phenoxy) is 2. The van der Waals surface area contributed by atoms with Crippen molar-refractivity contribution in [2.24, 2.45) is 10.9 Å². The lowest BCUT2D eigenvalue weighted by Crippen LogP contribution is -2.46. The zero-order chi connectivity index (χ0) is 14.3. The number of guanidine groups is 1. The van der Waals surface area contributed by atoms with Gasteiger partial charge in [0, 0.05) is 26.7 Å². The number of carbonyl (C=O) groups excluding carboxylic acids is 1. The molecular weight excluding hydrogens is 246 g/mol. The van der Waals surface area contributed by atoms with Crippen LogP contribution >= 0.6 is 0 Å². The maximum Gasteiger partial charge on any atom is 0.310 e. The van der Waals surface area contributed by atoms with E-state index in [-0.39, 0.29) is 17.5 Å². The normalized spacial score (nSPS) is 24.9. The third kappa shape index (κ3) is 5.06. The van der Waals surface area contributed by atoms with Crippen LogP contribution in [-0.4, -0.2) is 51.4 Å². The molecule has 0 aromatic heterocycles. The fraction of sp³-hybridized carbons (Fsp3) is 0.846. The average molecular weight is 271 g/mol. The Bertz CT molecular complexity index is 325. The van der Waals surface area contributed by atoms with Gasteiger partial charge in [0.25, 0.3) is 0 Å². The largest absolute Gasteiger partial charge is 0.469 e. The first kappa shape index (κ1) is 15.8. The van der Waals surface area contributed by atoms with E-state index in [0.29, 0.717) is 19.0 Å². The Morgan fingerprint density at radius 3 is 2.79 bits per heavy atom. The smallest absolute Gasteiger partial charge is 0.310 e. The number of nitrogens with one attached hydrogen (secondary N) is 2. The van der Waals surface area contributed by atoms with Gasteiger partial charge in [-0.2, -0.15) is 0 Å². The van der Waals surface area contributed by atoms with Crippen LogP contribution in [0.4, 0.5) is 0 Å². The minimum atomic E-state index is -0.228. The van der Waals surface area contributed by atoms with Gasteiger partial charge in [0.15, 0.2) is 5.96 Å². The number of nitrogens with zero attached hydrogens (tertiary/aromatic N) is 1. The number of aliphatic imine (C=N–C) groups is 1. The van der Waals surface area contributed by atoms with Crippen molar-refractivity contribution >= 4 is 11.9 Å². The van der Waals surface area contributed by atoms with Gasteiger partial charge in [-0.25, -0.2) is 0 Å².